The van der Waals surface area contributed by atoms with Gasteiger partial charge in [0.25, 0.3) is 0 Å². The van der Waals surface area contributed by atoms with E-state index in [1.807, 2.05) is 0 Å². The van der Waals surface area contributed by atoms with Crippen LogP contribution in [-0.4, -0.2) is 5.78 Å². The SMILES string of the molecule is O=C(c1cscc1C(F)(F)F)c1c(F)cccc1Cl. The highest BCUT2D eigenvalue weighted by Crippen LogP contribution is 2.36. The third kappa shape index (κ3) is 2.64. The van der Waals surface area contributed by atoms with Crippen LogP contribution in [0.4, 0.5) is 17.6 Å². The Morgan fingerprint density at radius 1 is 1.21 bits per heavy atom. The lowest BCUT2D eigenvalue weighted by atomic mass is 10.0. The number of alkyl halides is 3. The van der Waals surface area contributed by atoms with Crippen molar-refractivity contribution < 1.29 is 22.4 Å². The molecular weight excluding hydrogens is 304 g/mol. The fourth-order valence-electron chi connectivity index (χ4n) is 1.54. The third-order valence-electron chi connectivity index (χ3n) is 2.40. The van der Waals surface area contributed by atoms with Crippen LogP contribution in [0.3, 0.4) is 0 Å². The van der Waals surface area contributed by atoms with E-state index >= 15 is 0 Å². The average Bonchev–Trinajstić information content (AvgIpc) is 2.76. The molecular formula is C12H5ClF4OS. The molecule has 0 saturated carbocycles. The minimum atomic E-state index is -4.66. The molecule has 1 heterocycles. The number of carbonyl (C=O) groups is 1. The number of halogens is 5. The Labute approximate surface area is 114 Å². The van der Waals surface area contributed by atoms with Crippen molar-refractivity contribution >= 4 is 28.7 Å². The van der Waals surface area contributed by atoms with Gasteiger partial charge in [-0.15, -0.1) is 0 Å². The van der Waals surface area contributed by atoms with Crippen LogP contribution in [0.5, 0.6) is 0 Å². The predicted octanol–water partition coefficient (Wildman–Crippen LogP) is 4.79. The standard InChI is InChI=1S/C12H5ClF4OS/c13-8-2-1-3-9(14)10(8)11(18)6-4-19-5-7(6)12(15,16)17/h1-5H. The molecule has 2 aromatic rings. The van der Waals surface area contributed by atoms with E-state index in [0.717, 1.165) is 28.2 Å². The second kappa shape index (κ2) is 4.94. The molecule has 1 aromatic carbocycles. The third-order valence-corrected chi connectivity index (χ3v) is 3.46. The van der Waals surface area contributed by atoms with Crippen molar-refractivity contribution in [2.75, 3.05) is 0 Å². The van der Waals surface area contributed by atoms with Crippen molar-refractivity contribution in [3.8, 4) is 0 Å². The quantitative estimate of drug-likeness (QED) is 0.576. The lowest BCUT2D eigenvalue weighted by molar-refractivity contribution is -0.137. The molecule has 0 N–H and O–H groups in total. The molecule has 7 heteroatoms. The van der Waals surface area contributed by atoms with E-state index in [4.69, 9.17) is 11.6 Å². The number of thiophene rings is 1. The molecule has 0 aliphatic carbocycles. The summed E-state index contributed by atoms with van der Waals surface area (Å²) in [7, 11) is 0. The van der Waals surface area contributed by atoms with Gasteiger partial charge in [0.15, 0.2) is 5.78 Å². The summed E-state index contributed by atoms with van der Waals surface area (Å²) in [6.07, 6.45) is -4.66. The summed E-state index contributed by atoms with van der Waals surface area (Å²) in [6, 6.07) is 3.49. The Kier molecular flexibility index (Phi) is 3.64. The van der Waals surface area contributed by atoms with Crippen molar-refractivity contribution in [3.63, 3.8) is 0 Å². The van der Waals surface area contributed by atoms with Gasteiger partial charge in [-0.05, 0) is 12.1 Å². The normalized spacial score (nSPS) is 11.6. The van der Waals surface area contributed by atoms with Crippen LogP contribution >= 0.6 is 22.9 Å². The van der Waals surface area contributed by atoms with Crippen LogP contribution in [0, 0.1) is 5.82 Å². The minimum Gasteiger partial charge on any atom is -0.288 e. The van der Waals surface area contributed by atoms with E-state index in [-0.39, 0.29) is 5.02 Å². The van der Waals surface area contributed by atoms with E-state index in [9.17, 15) is 22.4 Å². The Bertz CT molecular complexity index is 613. The smallest absolute Gasteiger partial charge is 0.288 e. The van der Waals surface area contributed by atoms with Crippen LogP contribution in [0.1, 0.15) is 21.5 Å². The second-order valence-corrected chi connectivity index (χ2v) is 4.77. The van der Waals surface area contributed by atoms with E-state index in [0.29, 0.717) is 0 Å². The van der Waals surface area contributed by atoms with Crippen molar-refractivity contribution in [2.24, 2.45) is 0 Å². The Balaban J connectivity index is 2.55. The first-order valence-electron chi connectivity index (χ1n) is 4.94. The molecule has 0 spiro atoms. The van der Waals surface area contributed by atoms with Gasteiger partial charge in [0.05, 0.1) is 16.1 Å². The van der Waals surface area contributed by atoms with Gasteiger partial charge < -0.3 is 0 Å². The summed E-state index contributed by atoms with van der Waals surface area (Å²) < 4.78 is 51.6. The predicted molar refractivity (Wildman–Crippen MR) is 64.2 cm³/mol. The molecule has 0 fully saturated rings. The van der Waals surface area contributed by atoms with Crippen molar-refractivity contribution in [3.05, 3.63) is 56.5 Å². The average molecular weight is 309 g/mol. The zero-order valence-corrected chi connectivity index (χ0v) is 10.7. The molecule has 0 aliphatic heterocycles. The maximum absolute atomic E-state index is 13.5. The first kappa shape index (κ1) is 14.0. The fraction of sp³-hybridized carbons (Fsp3) is 0.0833. The number of hydrogen-bond acceptors (Lipinski definition) is 2. The first-order chi connectivity index (χ1) is 8.82. The Hall–Kier alpha value is -1.40. The van der Waals surface area contributed by atoms with Crippen LogP contribution in [0.2, 0.25) is 5.02 Å². The number of ketones is 1. The highest BCUT2D eigenvalue weighted by molar-refractivity contribution is 7.08. The highest BCUT2D eigenvalue weighted by atomic mass is 35.5. The summed E-state index contributed by atoms with van der Waals surface area (Å²) in [5, 5.41) is 1.62. The topological polar surface area (TPSA) is 17.1 Å². The van der Waals surface area contributed by atoms with E-state index in [2.05, 4.69) is 0 Å². The van der Waals surface area contributed by atoms with Crippen LogP contribution in [0.15, 0.2) is 29.0 Å². The summed E-state index contributed by atoms with van der Waals surface area (Å²) in [5.41, 5.74) is -2.22. The Morgan fingerprint density at radius 3 is 2.47 bits per heavy atom. The zero-order valence-electron chi connectivity index (χ0n) is 9.09. The van der Waals surface area contributed by atoms with Crippen molar-refractivity contribution in [1.82, 2.24) is 0 Å². The summed E-state index contributed by atoms with van der Waals surface area (Å²) in [4.78, 5) is 12.0. The molecule has 0 unspecified atom stereocenters. The number of hydrogen-bond donors (Lipinski definition) is 0. The summed E-state index contributed by atoms with van der Waals surface area (Å²) >= 11 is 6.39. The van der Waals surface area contributed by atoms with Gasteiger partial charge in [0.2, 0.25) is 0 Å². The molecule has 0 saturated heterocycles. The zero-order chi connectivity index (χ0) is 14.2. The fourth-order valence-corrected chi connectivity index (χ4v) is 2.63. The largest absolute Gasteiger partial charge is 0.417 e. The van der Waals surface area contributed by atoms with Gasteiger partial charge >= 0.3 is 6.18 Å². The molecule has 1 nitrogen and oxygen atoms in total. The number of rotatable bonds is 2. The molecule has 0 aliphatic rings. The van der Waals surface area contributed by atoms with Gasteiger partial charge in [0.1, 0.15) is 5.82 Å². The molecule has 0 bridgehead atoms. The monoisotopic (exact) mass is 308 g/mol. The summed E-state index contributed by atoms with van der Waals surface area (Å²) in [6.45, 7) is 0. The van der Waals surface area contributed by atoms with E-state index in [1.165, 1.54) is 12.1 Å². The first-order valence-corrected chi connectivity index (χ1v) is 6.26. The molecule has 100 valence electrons. The molecule has 0 amide bonds. The van der Waals surface area contributed by atoms with Crippen molar-refractivity contribution in [1.29, 1.82) is 0 Å². The van der Waals surface area contributed by atoms with Crippen LogP contribution in [-0.2, 0) is 6.18 Å². The molecule has 2 rings (SSSR count). The molecule has 0 atom stereocenters. The second-order valence-electron chi connectivity index (χ2n) is 3.62. The van der Waals surface area contributed by atoms with Crippen LogP contribution in [0.25, 0.3) is 0 Å². The van der Waals surface area contributed by atoms with Crippen molar-refractivity contribution in [2.45, 2.75) is 6.18 Å². The van der Waals surface area contributed by atoms with Gasteiger partial charge in [-0.3, -0.25) is 4.79 Å². The Morgan fingerprint density at radius 2 is 1.89 bits per heavy atom. The molecule has 0 radical (unpaired) electrons. The molecule has 19 heavy (non-hydrogen) atoms. The number of benzene rings is 1. The van der Waals surface area contributed by atoms with Crippen LogP contribution < -0.4 is 0 Å². The maximum atomic E-state index is 13.5. The number of carbonyl (C=O) groups excluding carboxylic acids is 1. The lowest BCUT2D eigenvalue weighted by Gasteiger charge is -2.08. The van der Waals surface area contributed by atoms with E-state index in [1.54, 1.807) is 0 Å². The molecule has 1 aromatic heterocycles. The summed E-state index contributed by atoms with van der Waals surface area (Å²) in [5.74, 6) is -2.02. The van der Waals surface area contributed by atoms with E-state index < -0.39 is 34.5 Å². The van der Waals surface area contributed by atoms with Gasteiger partial charge in [-0.1, -0.05) is 17.7 Å². The maximum Gasteiger partial charge on any atom is 0.417 e. The van der Waals surface area contributed by atoms with Gasteiger partial charge in [-0.25, -0.2) is 4.39 Å². The van der Waals surface area contributed by atoms with Gasteiger partial charge in [0, 0.05) is 16.3 Å². The highest BCUT2D eigenvalue weighted by Gasteiger charge is 2.36. The lowest BCUT2D eigenvalue weighted by Crippen LogP contribution is -2.12. The van der Waals surface area contributed by atoms with Gasteiger partial charge in [-0.2, -0.15) is 24.5 Å². The minimum absolute atomic E-state index is 0.218.